The van der Waals surface area contributed by atoms with Gasteiger partial charge in [0.15, 0.2) is 0 Å². The zero-order valence-corrected chi connectivity index (χ0v) is 11.0. The average molecular weight is 258 g/mol. The topological polar surface area (TPSA) is 57.4 Å². The molecule has 1 heterocycles. The van der Waals surface area contributed by atoms with E-state index < -0.39 is 0 Å². The van der Waals surface area contributed by atoms with Crippen molar-refractivity contribution in [2.45, 2.75) is 12.7 Å². The summed E-state index contributed by atoms with van der Waals surface area (Å²) in [5.41, 5.74) is 7.88. The van der Waals surface area contributed by atoms with E-state index in [1.54, 1.807) is 19.5 Å². The molecular weight excluding hydrogens is 240 g/mol. The number of aromatic nitrogens is 1. The quantitative estimate of drug-likeness (QED) is 0.863. The molecule has 0 saturated carbocycles. The smallest absolute Gasteiger partial charge is 0.136 e. The lowest BCUT2D eigenvalue weighted by Gasteiger charge is -2.18. The van der Waals surface area contributed by atoms with Gasteiger partial charge in [-0.3, -0.25) is 4.98 Å². The Balaban J connectivity index is 2.12. The highest BCUT2D eigenvalue weighted by Gasteiger charge is 2.11. The van der Waals surface area contributed by atoms with E-state index in [1.807, 2.05) is 36.4 Å². The Morgan fingerprint density at radius 1 is 1.21 bits per heavy atom. The Bertz CT molecular complexity index is 503. The van der Waals surface area contributed by atoms with Crippen LogP contribution >= 0.6 is 0 Å². The van der Waals surface area contributed by atoms with Crippen molar-refractivity contribution in [2.24, 2.45) is 5.73 Å². The Hall–Kier alpha value is -1.91. The summed E-state index contributed by atoms with van der Waals surface area (Å²) in [5, 5.41) is 0. The van der Waals surface area contributed by atoms with Crippen LogP contribution in [-0.4, -0.2) is 18.6 Å². The molecule has 0 fully saturated rings. The second-order valence-corrected chi connectivity index (χ2v) is 4.20. The SMILES string of the molecule is COCc1cccc(OC(CN)c2ccncc2)c1. The summed E-state index contributed by atoms with van der Waals surface area (Å²) < 4.78 is 11.0. The summed E-state index contributed by atoms with van der Waals surface area (Å²) in [6.45, 7) is 0.984. The highest BCUT2D eigenvalue weighted by Crippen LogP contribution is 2.22. The monoisotopic (exact) mass is 258 g/mol. The molecule has 1 aromatic heterocycles. The molecule has 1 aromatic carbocycles. The van der Waals surface area contributed by atoms with Gasteiger partial charge in [-0.05, 0) is 35.4 Å². The van der Waals surface area contributed by atoms with Crippen LogP contribution in [-0.2, 0) is 11.3 Å². The van der Waals surface area contributed by atoms with E-state index in [0.29, 0.717) is 13.2 Å². The third-order valence-corrected chi connectivity index (χ3v) is 2.78. The molecule has 0 aliphatic carbocycles. The number of pyridine rings is 1. The van der Waals surface area contributed by atoms with Gasteiger partial charge in [0.25, 0.3) is 0 Å². The predicted octanol–water partition coefficient (Wildman–Crippen LogP) is 2.31. The molecule has 1 atom stereocenters. The van der Waals surface area contributed by atoms with Gasteiger partial charge < -0.3 is 15.2 Å². The van der Waals surface area contributed by atoms with E-state index in [2.05, 4.69) is 4.98 Å². The molecule has 2 aromatic rings. The minimum atomic E-state index is -0.166. The highest BCUT2D eigenvalue weighted by molar-refractivity contribution is 5.29. The van der Waals surface area contributed by atoms with Gasteiger partial charge >= 0.3 is 0 Å². The van der Waals surface area contributed by atoms with Gasteiger partial charge in [-0.1, -0.05) is 12.1 Å². The number of rotatable bonds is 6. The molecule has 0 spiro atoms. The molecule has 0 saturated heterocycles. The predicted molar refractivity (Wildman–Crippen MR) is 73.8 cm³/mol. The van der Waals surface area contributed by atoms with Gasteiger partial charge in [0, 0.05) is 26.0 Å². The number of methoxy groups -OCH3 is 1. The Morgan fingerprint density at radius 2 is 2.00 bits per heavy atom. The van der Waals surface area contributed by atoms with Crippen LogP contribution < -0.4 is 10.5 Å². The van der Waals surface area contributed by atoms with Crippen molar-refractivity contribution in [3.8, 4) is 5.75 Å². The van der Waals surface area contributed by atoms with E-state index in [9.17, 15) is 0 Å². The fourth-order valence-corrected chi connectivity index (χ4v) is 1.87. The first-order valence-electron chi connectivity index (χ1n) is 6.18. The zero-order chi connectivity index (χ0) is 13.5. The number of hydrogen-bond acceptors (Lipinski definition) is 4. The first-order chi connectivity index (χ1) is 9.33. The maximum atomic E-state index is 5.93. The lowest BCUT2D eigenvalue weighted by molar-refractivity contribution is 0.183. The second kappa shape index (κ2) is 6.87. The van der Waals surface area contributed by atoms with Gasteiger partial charge in [-0.15, -0.1) is 0 Å². The van der Waals surface area contributed by atoms with Crippen molar-refractivity contribution in [1.29, 1.82) is 0 Å². The van der Waals surface area contributed by atoms with Crippen LogP contribution in [0.1, 0.15) is 17.2 Å². The van der Waals surface area contributed by atoms with E-state index in [0.717, 1.165) is 16.9 Å². The Kier molecular flexibility index (Phi) is 4.89. The van der Waals surface area contributed by atoms with E-state index >= 15 is 0 Å². The largest absolute Gasteiger partial charge is 0.484 e. The van der Waals surface area contributed by atoms with Crippen molar-refractivity contribution >= 4 is 0 Å². The molecule has 2 rings (SSSR count). The summed E-state index contributed by atoms with van der Waals surface area (Å²) >= 11 is 0. The molecule has 0 radical (unpaired) electrons. The molecule has 2 N–H and O–H groups in total. The fourth-order valence-electron chi connectivity index (χ4n) is 1.87. The first kappa shape index (κ1) is 13.5. The van der Waals surface area contributed by atoms with Crippen molar-refractivity contribution in [3.63, 3.8) is 0 Å². The molecule has 0 amide bonds. The van der Waals surface area contributed by atoms with Crippen molar-refractivity contribution in [2.75, 3.05) is 13.7 Å². The van der Waals surface area contributed by atoms with Gasteiger partial charge in [0.1, 0.15) is 11.9 Å². The Morgan fingerprint density at radius 3 is 2.68 bits per heavy atom. The average Bonchev–Trinajstić information content (AvgIpc) is 2.46. The minimum absolute atomic E-state index is 0.166. The summed E-state index contributed by atoms with van der Waals surface area (Å²) in [6.07, 6.45) is 3.31. The van der Waals surface area contributed by atoms with Crippen LogP contribution in [0, 0.1) is 0 Å². The number of hydrogen-bond donors (Lipinski definition) is 1. The van der Waals surface area contributed by atoms with Crippen LogP contribution in [0.3, 0.4) is 0 Å². The van der Waals surface area contributed by atoms with Crippen molar-refractivity contribution < 1.29 is 9.47 Å². The van der Waals surface area contributed by atoms with Crippen LogP contribution in [0.15, 0.2) is 48.8 Å². The molecular formula is C15H18N2O2. The van der Waals surface area contributed by atoms with Crippen molar-refractivity contribution in [1.82, 2.24) is 4.98 Å². The summed E-state index contributed by atoms with van der Waals surface area (Å²) in [6, 6.07) is 11.7. The molecule has 1 unspecified atom stereocenters. The molecule has 0 bridgehead atoms. The lowest BCUT2D eigenvalue weighted by atomic mass is 10.1. The maximum Gasteiger partial charge on any atom is 0.136 e. The standard InChI is InChI=1S/C15H18N2O2/c1-18-11-12-3-2-4-14(9-12)19-15(10-16)13-5-7-17-8-6-13/h2-9,15H,10-11,16H2,1H3. The summed E-state index contributed by atoms with van der Waals surface area (Å²) in [7, 11) is 1.67. The molecule has 19 heavy (non-hydrogen) atoms. The van der Waals surface area contributed by atoms with Crippen LogP contribution in [0.25, 0.3) is 0 Å². The van der Waals surface area contributed by atoms with Crippen LogP contribution in [0.5, 0.6) is 5.75 Å². The summed E-state index contributed by atoms with van der Waals surface area (Å²) in [5.74, 6) is 0.793. The van der Waals surface area contributed by atoms with E-state index in [1.165, 1.54) is 0 Å². The third kappa shape index (κ3) is 3.77. The number of benzene rings is 1. The minimum Gasteiger partial charge on any atom is -0.484 e. The zero-order valence-electron chi connectivity index (χ0n) is 11.0. The fraction of sp³-hybridized carbons (Fsp3) is 0.267. The van der Waals surface area contributed by atoms with Gasteiger partial charge in [-0.25, -0.2) is 0 Å². The highest BCUT2D eigenvalue weighted by atomic mass is 16.5. The van der Waals surface area contributed by atoms with Gasteiger partial charge in [0.2, 0.25) is 0 Å². The first-order valence-corrected chi connectivity index (χ1v) is 6.18. The molecule has 100 valence electrons. The van der Waals surface area contributed by atoms with Crippen LogP contribution in [0.2, 0.25) is 0 Å². The lowest BCUT2D eigenvalue weighted by Crippen LogP contribution is -2.18. The normalized spacial score (nSPS) is 12.1. The van der Waals surface area contributed by atoms with E-state index in [-0.39, 0.29) is 6.10 Å². The van der Waals surface area contributed by atoms with Gasteiger partial charge in [-0.2, -0.15) is 0 Å². The van der Waals surface area contributed by atoms with Crippen molar-refractivity contribution in [3.05, 3.63) is 59.9 Å². The molecule has 4 nitrogen and oxygen atoms in total. The Labute approximate surface area is 113 Å². The second-order valence-electron chi connectivity index (χ2n) is 4.20. The van der Waals surface area contributed by atoms with Crippen LogP contribution in [0.4, 0.5) is 0 Å². The van der Waals surface area contributed by atoms with E-state index in [4.69, 9.17) is 15.2 Å². The molecule has 0 aliphatic heterocycles. The molecule has 0 aliphatic rings. The van der Waals surface area contributed by atoms with Gasteiger partial charge in [0.05, 0.1) is 6.61 Å². The summed E-state index contributed by atoms with van der Waals surface area (Å²) in [4.78, 5) is 3.99. The number of nitrogens with two attached hydrogens (primary N) is 1. The number of nitrogens with zero attached hydrogens (tertiary/aromatic N) is 1. The number of ether oxygens (including phenoxy) is 2. The maximum absolute atomic E-state index is 5.93. The molecule has 4 heteroatoms. The third-order valence-electron chi connectivity index (χ3n) is 2.78.